The Balaban J connectivity index is 2.18. The molecule has 11 heteroatoms. The van der Waals surface area contributed by atoms with Crippen LogP contribution in [0.5, 0.6) is 0 Å². The summed E-state index contributed by atoms with van der Waals surface area (Å²) in [4.78, 5) is 13.3. The number of carbonyl (C=O) groups excluding carboxylic acids is 1. The summed E-state index contributed by atoms with van der Waals surface area (Å²) in [5.74, 6) is -0.709. The summed E-state index contributed by atoms with van der Waals surface area (Å²) in [5.41, 5.74) is 0. The Morgan fingerprint density at radius 2 is 0.716 bits per heavy atom. The molecule has 1 rings (SSSR count). The van der Waals surface area contributed by atoms with E-state index in [-0.39, 0.29) is 12.8 Å². The lowest BCUT2D eigenvalue weighted by Gasteiger charge is -2.40. The molecule has 9 atom stereocenters. The monoisotopic (exact) mass is 1240 g/mol. The summed E-state index contributed by atoms with van der Waals surface area (Å²) in [7, 11) is 0. The van der Waals surface area contributed by atoms with Crippen molar-refractivity contribution in [2.45, 2.75) is 409 Å². The highest BCUT2D eigenvalue weighted by Crippen LogP contribution is 2.24. The van der Waals surface area contributed by atoms with Crippen molar-refractivity contribution in [3.05, 3.63) is 60.8 Å². The van der Waals surface area contributed by atoms with Crippen LogP contribution in [0.4, 0.5) is 0 Å². The second-order valence-electron chi connectivity index (χ2n) is 26.3. The van der Waals surface area contributed by atoms with Crippen LogP contribution in [0.2, 0.25) is 0 Å². The van der Waals surface area contributed by atoms with Crippen molar-refractivity contribution in [3.8, 4) is 0 Å². The number of allylic oxidation sites excluding steroid dienone is 10. The van der Waals surface area contributed by atoms with Crippen molar-refractivity contribution >= 4 is 5.91 Å². The first-order chi connectivity index (χ1) is 43.2. The SMILES string of the molecule is CCCCCCCCCCCCCC/C=C/CC/C=C/CC/C=C/CCCC(O)C(O)C(COC1OC(CO)C(O)C(O)C1O)NC(=O)C(O)CCCCCCCCCCCCCCCCCC/C=C\C/C=C\CCCCCCCCCCCCCCC. The fourth-order valence-corrected chi connectivity index (χ4v) is 12.0. The van der Waals surface area contributed by atoms with Crippen LogP contribution in [0.15, 0.2) is 60.8 Å². The Kier molecular flexibility index (Phi) is 61.8. The molecule has 1 aliphatic rings. The second kappa shape index (κ2) is 64.9. The third-order valence-electron chi connectivity index (χ3n) is 18.0. The van der Waals surface area contributed by atoms with Crippen molar-refractivity contribution in [3.63, 3.8) is 0 Å². The number of unbranched alkanes of at least 4 members (excludes halogenated alkanes) is 44. The molecule has 11 nitrogen and oxygen atoms in total. The molecule has 0 radical (unpaired) electrons. The minimum absolute atomic E-state index is 0.240. The molecule has 1 heterocycles. The van der Waals surface area contributed by atoms with Crippen LogP contribution in [0.3, 0.4) is 0 Å². The lowest BCUT2D eigenvalue weighted by Crippen LogP contribution is -2.60. The molecule has 1 aliphatic heterocycles. The Morgan fingerprint density at radius 3 is 1.08 bits per heavy atom. The van der Waals surface area contributed by atoms with E-state index in [0.29, 0.717) is 19.3 Å². The molecule has 1 fully saturated rings. The van der Waals surface area contributed by atoms with Gasteiger partial charge in [0.05, 0.1) is 25.4 Å². The number of rotatable bonds is 66. The van der Waals surface area contributed by atoms with Crippen LogP contribution in [-0.4, -0.2) is 110 Å². The van der Waals surface area contributed by atoms with Crippen LogP contribution in [-0.2, 0) is 14.3 Å². The van der Waals surface area contributed by atoms with Gasteiger partial charge in [0, 0.05) is 0 Å². The average Bonchev–Trinajstić information content (AvgIpc) is 3.61. The van der Waals surface area contributed by atoms with Crippen LogP contribution in [0.1, 0.15) is 354 Å². The minimum atomic E-state index is -1.68. The smallest absolute Gasteiger partial charge is 0.249 e. The van der Waals surface area contributed by atoms with Crippen molar-refractivity contribution < 1.29 is 50.0 Å². The van der Waals surface area contributed by atoms with Gasteiger partial charge in [-0.3, -0.25) is 4.79 Å². The van der Waals surface area contributed by atoms with E-state index in [1.165, 1.54) is 257 Å². The molecule has 1 saturated heterocycles. The molecule has 88 heavy (non-hydrogen) atoms. The maximum absolute atomic E-state index is 13.3. The highest BCUT2D eigenvalue weighted by Gasteiger charge is 2.44. The van der Waals surface area contributed by atoms with Gasteiger partial charge in [-0.1, -0.05) is 319 Å². The van der Waals surface area contributed by atoms with Crippen molar-refractivity contribution in [2.24, 2.45) is 0 Å². The summed E-state index contributed by atoms with van der Waals surface area (Å²) < 4.78 is 11.2. The number of ether oxygens (including phenoxy) is 2. The van der Waals surface area contributed by atoms with Crippen molar-refractivity contribution in [1.82, 2.24) is 5.32 Å². The van der Waals surface area contributed by atoms with Gasteiger partial charge in [-0.15, -0.1) is 0 Å². The summed E-state index contributed by atoms with van der Waals surface area (Å²) in [6.45, 7) is 3.48. The lowest BCUT2D eigenvalue weighted by atomic mass is 9.98. The molecule has 8 N–H and O–H groups in total. The van der Waals surface area contributed by atoms with Gasteiger partial charge in [0.2, 0.25) is 5.91 Å². The van der Waals surface area contributed by atoms with E-state index >= 15 is 0 Å². The van der Waals surface area contributed by atoms with E-state index in [1.807, 2.05) is 0 Å². The maximum atomic E-state index is 13.3. The highest BCUT2D eigenvalue weighted by molar-refractivity contribution is 5.80. The molecule has 1 amide bonds. The Labute approximate surface area is 542 Å². The van der Waals surface area contributed by atoms with E-state index in [0.717, 1.165) is 51.4 Å². The zero-order valence-electron chi connectivity index (χ0n) is 57.2. The van der Waals surface area contributed by atoms with Crippen LogP contribution in [0.25, 0.3) is 0 Å². The number of hydrogen-bond donors (Lipinski definition) is 8. The molecule has 0 saturated carbocycles. The first-order valence-corrected chi connectivity index (χ1v) is 37.7. The van der Waals surface area contributed by atoms with Gasteiger partial charge in [0.15, 0.2) is 6.29 Å². The molecule has 0 aromatic carbocycles. The second-order valence-corrected chi connectivity index (χ2v) is 26.3. The van der Waals surface area contributed by atoms with Gasteiger partial charge in [0.25, 0.3) is 0 Å². The number of carbonyl (C=O) groups is 1. The van der Waals surface area contributed by atoms with E-state index in [4.69, 9.17) is 9.47 Å². The summed E-state index contributed by atoms with van der Waals surface area (Å²) in [6.07, 6.45) is 76.1. The molecule has 516 valence electrons. The topological polar surface area (TPSA) is 189 Å². The van der Waals surface area contributed by atoms with Gasteiger partial charge in [-0.2, -0.15) is 0 Å². The highest BCUT2D eigenvalue weighted by atomic mass is 16.7. The molecular weight excluding hydrogens is 1100 g/mol. The molecule has 0 aliphatic carbocycles. The number of aliphatic hydroxyl groups excluding tert-OH is 7. The summed E-state index contributed by atoms with van der Waals surface area (Å²) in [6, 6.07) is -1.20. The fraction of sp³-hybridized carbons (Fsp3) is 0.857. The number of hydrogen-bond acceptors (Lipinski definition) is 10. The Hall–Kier alpha value is -2.19. The van der Waals surface area contributed by atoms with Crippen molar-refractivity contribution in [2.75, 3.05) is 13.2 Å². The maximum Gasteiger partial charge on any atom is 0.249 e. The summed E-state index contributed by atoms with van der Waals surface area (Å²) in [5, 5.41) is 76.5. The molecular formula is C77H143NO10. The van der Waals surface area contributed by atoms with E-state index < -0.39 is 74.2 Å². The first kappa shape index (κ1) is 83.8. The Bertz CT molecular complexity index is 1620. The quantitative estimate of drug-likeness (QED) is 0.0215. The van der Waals surface area contributed by atoms with Gasteiger partial charge in [-0.25, -0.2) is 0 Å². The lowest BCUT2D eigenvalue weighted by molar-refractivity contribution is -0.303. The van der Waals surface area contributed by atoms with Gasteiger partial charge < -0.3 is 50.5 Å². The average molecular weight is 1240 g/mol. The normalized spacial score (nSPS) is 18.9. The minimum Gasteiger partial charge on any atom is -0.394 e. The number of amides is 1. The van der Waals surface area contributed by atoms with E-state index in [1.54, 1.807) is 0 Å². The predicted molar refractivity (Wildman–Crippen MR) is 371 cm³/mol. The zero-order valence-corrected chi connectivity index (χ0v) is 57.2. The summed E-state index contributed by atoms with van der Waals surface area (Å²) >= 11 is 0. The molecule has 0 aromatic rings. The number of aliphatic hydroxyl groups is 7. The van der Waals surface area contributed by atoms with E-state index in [9.17, 15) is 40.5 Å². The third-order valence-corrected chi connectivity index (χ3v) is 18.0. The third kappa shape index (κ3) is 51.3. The Morgan fingerprint density at radius 1 is 0.398 bits per heavy atom. The van der Waals surface area contributed by atoms with Crippen LogP contribution in [0, 0.1) is 0 Å². The molecule has 0 aromatic heterocycles. The van der Waals surface area contributed by atoms with Crippen LogP contribution >= 0.6 is 0 Å². The molecule has 0 spiro atoms. The van der Waals surface area contributed by atoms with Crippen molar-refractivity contribution in [1.29, 1.82) is 0 Å². The molecule has 9 unspecified atom stereocenters. The number of nitrogens with one attached hydrogen (secondary N) is 1. The van der Waals surface area contributed by atoms with Gasteiger partial charge >= 0.3 is 0 Å². The first-order valence-electron chi connectivity index (χ1n) is 37.7. The fourth-order valence-electron chi connectivity index (χ4n) is 12.0. The molecule has 0 bridgehead atoms. The van der Waals surface area contributed by atoms with Crippen LogP contribution < -0.4 is 5.32 Å². The zero-order chi connectivity index (χ0) is 63.9. The van der Waals surface area contributed by atoms with E-state index in [2.05, 4.69) is 79.9 Å². The standard InChI is InChI=1S/C77H143NO10/c1-3-5-7-9-11-13-15-17-19-21-23-25-27-29-30-31-32-33-34-35-36-37-38-39-41-43-45-47-49-51-53-55-57-59-61-63-65-70(81)76(86)78-68(67-87-77-75(85)74(84)73(83)71(66-79)88-77)72(82)69(80)64-62-60-58-56-54-52-50-48-46-44-42-40-28-26-24-22-20-18-16-14-12-10-8-6-4-2/h30-31,33-34,40,42,48,50,56,58,68-75,77,79-85H,3-29,32,35-39,41,43-47,49,51-55,57,59-67H2,1-2H3,(H,78,86)/b31-30-,34-33-,42-40+,50-48+,58-56+. The van der Waals surface area contributed by atoms with Gasteiger partial charge in [-0.05, 0) is 96.3 Å². The predicted octanol–water partition coefficient (Wildman–Crippen LogP) is 18.9. The largest absolute Gasteiger partial charge is 0.394 e. The van der Waals surface area contributed by atoms with Gasteiger partial charge in [0.1, 0.15) is 36.6 Å².